The number of hydrogen-bond acceptors (Lipinski definition) is 4. The molecule has 1 fully saturated rings. The molecule has 1 aromatic carbocycles. The van der Waals surface area contributed by atoms with Gasteiger partial charge in [0.05, 0.1) is 18.2 Å². The van der Waals surface area contributed by atoms with Crippen molar-refractivity contribution in [1.29, 1.82) is 0 Å². The largest absolute Gasteiger partial charge is 0.389 e. The number of rotatable bonds is 6. The van der Waals surface area contributed by atoms with Crippen LogP contribution in [0.25, 0.3) is 0 Å². The van der Waals surface area contributed by atoms with Gasteiger partial charge in [0.2, 0.25) is 5.91 Å². The van der Waals surface area contributed by atoms with E-state index >= 15 is 0 Å². The molecule has 2 N–H and O–H groups in total. The highest BCUT2D eigenvalue weighted by Gasteiger charge is 2.34. The third-order valence-electron chi connectivity index (χ3n) is 6.17. The molecule has 28 heavy (non-hydrogen) atoms. The van der Waals surface area contributed by atoms with Crippen LogP contribution in [0.3, 0.4) is 0 Å². The van der Waals surface area contributed by atoms with Crippen LogP contribution in [0, 0.1) is 6.92 Å². The van der Waals surface area contributed by atoms with Crippen molar-refractivity contribution in [2.24, 2.45) is 0 Å². The van der Waals surface area contributed by atoms with Gasteiger partial charge >= 0.3 is 0 Å². The Hall–Kier alpha value is -2.18. The van der Waals surface area contributed by atoms with Crippen LogP contribution in [0.15, 0.2) is 36.7 Å². The van der Waals surface area contributed by atoms with Crippen LogP contribution in [-0.4, -0.2) is 44.2 Å². The molecular formula is C22H30N4O2. The number of nitrogens with zero attached hydrogens (tertiary/aromatic N) is 3. The highest BCUT2D eigenvalue weighted by molar-refractivity contribution is 5.76. The summed E-state index contributed by atoms with van der Waals surface area (Å²) >= 11 is 0. The Labute approximate surface area is 166 Å². The summed E-state index contributed by atoms with van der Waals surface area (Å²) in [4.78, 5) is 19.1. The minimum Gasteiger partial charge on any atom is -0.389 e. The molecule has 2 aromatic rings. The minimum atomic E-state index is -0.571. The summed E-state index contributed by atoms with van der Waals surface area (Å²) < 4.78 is 2.04. The fraction of sp³-hybridized carbons (Fsp3) is 0.545. The number of aliphatic hydroxyl groups excluding tert-OH is 1. The fourth-order valence-electron chi connectivity index (χ4n) is 4.66. The van der Waals surface area contributed by atoms with Gasteiger partial charge in [0.15, 0.2) is 0 Å². The van der Waals surface area contributed by atoms with Crippen LogP contribution in [0.5, 0.6) is 0 Å². The summed E-state index contributed by atoms with van der Waals surface area (Å²) in [6.07, 6.45) is 7.20. The number of aromatic nitrogens is 2. The summed E-state index contributed by atoms with van der Waals surface area (Å²) in [5.41, 5.74) is 2.80. The second-order valence-corrected chi connectivity index (χ2v) is 8.13. The average molecular weight is 383 g/mol. The lowest BCUT2D eigenvalue weighted by molar-refractivity contribution is -0.123. The maximum Gasteiger partial charge on any atom is 0.220 e. The van der Waals surface area contributed by atoms with E-state index in [-0.39, 0.29) is 18.0 Å². The zero-order valence-corrected chi connectivity index (χ0v) is 16.6. The van der Waals surface area contributed by atoms with Gasteiger partial charge in [-0.05, 0) is 50.3 Å². The number of aliphatic hydroxyl groups is 1. The maximum absolute atomic E-state index is 12.4. The van der Waals surface area contributed by atoms with Crippen molar-refractivity contribution in [3.63, 3.8) is 0 Å². The first-order valence-corrected chi connectivity index (χ1v) is 10.4. The lowest BCUT2D eigenvalue weighted by Gasteiger charge is -2.36. The van der Waals surface area contributed by atoms with Crippen LogP contribution in [0.1, 0.15) is 55.1 Å². The van der Waals surface area contributed by atoms with E-state index in [1.807, 2.05) is 17.7 Å². The fourth-order valence-corrected chi connectivity index (χ4v) is 4.66. The SMILES string of the molecule is Cc1nccn1[C@@H]1CCC[C@@H](NC(=O)CCCN2Cc3ccccc3C2)[C@H]1O. The standard InChI is InChI=1S/C22H30N4O2/c1-16-23-11-13-26(16)20-9-4-8-19(22(20)28)24-21(27)10-5-12-25-14-17-6-2-3-7-18(17)15-25/h2-3,6-7,11,13,19-20,22,28H,4-5,8-10,12,14-15H2,1H3,(H,24,27)/t19-,20-,22-/m1/s1. The molecule has 6 heteroatoms. The summed E-state index contributed by atoms with van der Waals surface area (Å²) in [6.45, 7) is 4.83. The Kier molecular flexibility index (Phi) is 5.78. The molecular weight excluding hydrogens is 352 g/mol. The lowest BCUT2D eigenvalue weighted by atomic mass is 9.87. The number of carbonyl (C=O) groups is 1. The molecule has 0 saturated heterocycles. The van der Waals surface area contributed by atoms with E-state index in [2.05, 4.69) is 39.5 Å². The number of aryl methyl sites for hydroxylation is 1. The van der Waals surface area contributed by atoms with E-state index in [9.17, 15) is 9.90 Å². The Morgan fingerprint density at radius 2 is 2.00 bits per heavy atom. The summed E-state index contributed by atoms with van der Waals surface area (Å²) in [5.74, 6) is 0.950. The molecule has 3 atom stereocenters. The van der Waals surface area contributed by atoms with Crippen LogP contribution in [-0.2, 0) is 17.9 Å². The lowest BCUT2D eigenvalue weighted by Crippen LogP contribution is -2.49. The van der Waals surface area contributed by atoms with Crippen LogP contribution in [0.4, 0.5) is 0 Å². The van der Waals surface area contributed by atoms with E-state index in [0.29, 0.717) is 6.42 Å². The van der Waals surface area contributed by atoms with Crippen molar-refractivity contribution in [3.05, 3.63) is 53.6 Å². The van der Waals surface area contributed by atoms with Crippen molar-refractivity contribution in [2.45, 2.75) is 70.3 Å². The third-order valence-corrected chi connectivity index (χ3v) is 6.17. The van der Waals surface area contributed by atoms with Gasteiger partial charge in [0.25, 0.3) is 0 Å². The number of nitrogens with one attached hydrogen (secondary N) is 1. The van der Waals surface area contributed by atoms with Gasteiger partial charge in [0, 0.05) is 31.9 Å². The van der Waals surface area contributed by atoms with Gasteiger partial charge < -0.3 is 15.0 Å². The molecule has 1 aliphatic carbocycles. The van der Waals surface area contributed by atoms with Crippen LogP contribution >= 0.6 is 0 Å². The number of fused-ring (bicyclic) bond motifs is 1. The Morgan fingerprint density at radius 1 is 1.25 bits per heavy atom. The average Bonchev–Trinajstić information content (AvgIpc) is 3.29. The summed E-state index contributed by atoms with van der Waals surface area (Å²) in [7, 11) is 0. The first kappa shape index (κ1) is 19.2. The molecule has 2 heterocycles. The van der Waals surface area contributed by atoms with E-state index in [0.717, 1.165) is 51.1 Å². The van der Waals surface area contributed by atoms with Crippen molar-refractivity contribution in [2.75, 3.05) is 6.54 Å². The van der Waals surface area contributed by atoms with Gasteiger partial charge in [-0.1, -0.05) is 24.3 Å². The quantitative estimate of drug-likeness (QED) is 0.806. The van der Waals surface area contributed by atoms with E-state index in [1.165, 1.54) is 11.1 Å². The summed E-state index contributed by atoms with van der Waals surface area (Å²) in [5, 5.41) is 13.9. The topological polar surface area (TPSA) is 70.4 Å². The van der Waals surface area contributed by atoms with E-state index in [4.69, 9.17) is 0 Å². The second kappa shape index (κ2) is 8.45. The van der Waals surface area contributed by atoms with Crippen LogP contribution < -0.4 is 5.32 Å². The maximum atomic E-state index is 12.4. The summed E-state index contributed by atoms with van der Waals surface area (Å²) in [6, 6.07) is 8.36. The van der Waals surface area contributed by atoms with Crippen molar-refractivity contribution in [3.8, 4) is 0 Å². The molecule has 2 aliphatic rings. The van der Waals surface area contributed by atoms with Gasteiger partial charge in [-0.25, -0.2) is 4.98 Å². The number of carbonyl (C=O) groups excluding carboxylic acids is 1. The smallest absolute Gasteiger partial charge is 0.220 e. The molecule has 0 bridgehead atoms. The number of amides is 1. The molecule has 1 saturated carbocycles. The van der Waals surface area contributed by atoms with Gasteiger partial charge in [0.1, 0.15) is 5.82 Å². The van der Waals surface area contributed by atoms with E-state index < -0.39 is 6.10 Å². The molecule has 6 nitrogen and oxygen atoms in total. The predicted octanol–water partition coefficient (Wildman–Crippen LogP) is 2.56. The molecule has 4 rings (SSSR count). The van der Waals surface area contributed by atoms with Crippen molar-refractivity contribution in [1.82, 2.24) is 19.8 Å². The second-order valence-electron chi connectivity index (χ2n) is 8.13. The molecule has 1 aromatic heterocycles. The highest BCUT2D eigenvalue weighted by atomic mass is 16.3. The third kappa shape index (κ3) is 4.13. The van der Waals surface area contributed by atoms with Gasteiger partial charge in [-0.2, -0.15) is 0 Å². The number of hydrogen-bond donors (Lipinski definition) is 2. The normalized spacial score (nSPS) is 24.9. The molecule has 1 amide bonds. The van der Waals surface area contributed by atoms with Gasteiger partial charge in [-0.3, -0.25) is 9.69 Å². The van der Waals surface area contributed by atoms with E-state index in [1.54, 1.807) is 6.20 Å². The molecule has 1 aliphatic heterocycles. The van der Waals surface area contributed by atoms with Crippen LogP contribution in [0.2, 0.25) is 0 Å². The first-order chi connectivity index (χ1) is 13.6. The monoisotopic (exact) mass is 382 g/mol. The first-order valence-electron chi connectivity index (χ1n) is 10.4. The van der Waals surface area contributed by atoms with Gasteiger partial charge in [-0.15, -0.1) is 0 Å². The zero-order chi connectivity index (χ0) is 19.5. The Morgan fingerprint density at radius 3 is 2.68 bits per heavy atom. The van der Waals surface area contributed by atoms with Crippen molar-refractivity contribution >= 4 is 5.91 Å². The van der Waals surface area contributed by atoms with Crippen molar-refractivity contribution < 1.29 is 9.90 Å². The predicted molar refractivity (Wildman–Crippen MR) is 108 cm³/mol. The molecule has 0 radical (unpaired) electrons. The molecule has 0 spiro atoms. The Balaban J connectivity index is 1.23. The minimum absolute atomic E-state index is 0.00958. The zero-order valence-electron chi connectivity index (χ0n) is 16.6. The molecule has 150 valence electrons. The Bertz CT molecular complexity index is 793. The number of imidazole rings is 1. The number of benzene rings is 1. The highest BCUT2D eigenvalue weighted by Crippen LogP contribution is 2.30. The molecule has 0 unspecified atom stereocenters.